The predicted octanol–water partition coefficient (Wildman–Crippen LogP) is 0.166. The highest BCUT2D eigenvalue weighted by atomic mass is 16.5. The molecule has 0 spiro atoms. The molecule has 6 heteroatoms. The van der Waals surface area contributed by atoms with Crippen molar-refractivity contribution in [2.75, 3.05) is 73.6 Å². The summed E-state index contributed by atoms with van der Waals surface area (Å²) in [5.41, 5.74) is 0. The van der Waals surface area contributed by atoms with Crippen molar-refractivity contribution in [3.05, 3.63) is 0 Å². The van der Waals surface area contributed by atoms with Gasteiger partial charge in [-0.15, -0.1) is 0 Å². The predicted molar refractivity (Wildman–Crippen MR) is 91.4 cm³/mol. The lowest BCUT2D eigenvalue weighted by Crippen LogP contribution is -2.51. The molecule has 0 amide bonds. The normalized spacial score (nSPS) is 28.4. The molecule has 2 fully saturated rings. The van der Waals surface area contributed by atoms with Crippen molar-refractivity contribution in [1.29, 1.82) is 0 Å². The summed E-state index contributed by atoms with van der Waals surface area (Å²) in [7, 11) is 6.20. The molecular formula is C16H33N5O. The summed E-state index contributed by atoms with van der Waals surface area (Å²) in [5.74, 6) is 1.71. The maximum Gasteiger partial charge on any atom is 0.193 e. The Morgan fingerprint density at radius 1 is 1.23 bits per heavy atom. The lowest BCUT2D eigenvalue weighted by Gasteiger charge is -2.37. The van der Waals surface area contributed by atoms with E-state index in [1.165, 1.54) is 6.42 Å². The molecule has 2 atom stereocenters. The fourth-order valence-corrected chi connectivity index (χ4v) is 3.31. The monoisotopic (exact) mass is 311 g/mol. The molecule has 0 bridgehead atoms. The third kappa shape index (κ3) is 4.83. The molecule has 0 radical (unpaired) electrons. The molecule has 1 N–H and O–H groups in total. The van der Waals surface area contributed by atoms with Crippen molar-refractivity contribution < 1.29 is 4.74 Å². The van der Waals surface area contributed by atoms with Crippen LogP contribution in [0.4, 0.5) is 0 Å². The van der Waals surface area contributed by atoms with Gasteiger partial charge in [-0.2, -0.15) is 0 Å². The first-order valence-electron chi connectivity index (χ1n) is 8.55. The Labute approximate surface area is 135 Å². The van der Waals surface area contributed by atoms with E-state index in [1.54, 1.807) is 7.11 Å². The standard InChI is InChI=1S/C16H33N5O/c1-5-17-16(21-7-6-14(11-21)13-22-4)18-10-15-12-19(2)8-9-20(15)3/h14-15H,5-13H2,1-4H3,(H,17,18). The van der Waals surface area contributed by atoms with Crippen LogP contribution in [0.5, 0.6) is 0 Å². The number of nitrogens with zero attached hydrogens (tertiary/aromatic N) is 4. The van der Waals surface area contributed by atoms with Crippen LogP contribution in [0, 0.1) is 5.92 Å². The van der Waals surface area contributed by atoms with Crippen LogP contribution in [0.15, 0.2) is 4.99 Å². The highest BCUT2D eigenvalue weighted by Crippen LogP contribution is 2.16. The highest BCUT2D eigenvalue weighted by Gasteiger charge is 2.26. The van der Waals surface area contributed by atoms with Crippen LogP contribution in [0.2, 0.25) is 0 Å². The van der Waals surface area contributed by atoms with Crippen LogP contribution in [0.3, 0.4) is 0 Å². The Kier molecular flexibility index (Phi) is 6.92. The summed E-state index contributed by atoms with van der Waals surface area (Å²) in [5, 5.41) is 3.46. The van der Waals surface area contributed by atoms with E-state index in [4.69, 9.17) is 9.73 Å². The first-order valence-corrected chi connectivity index (χ1v) is 8.55. The van der Waals surface area contributed by atoms with Crippen LogP contribution >= 0.6 is 0 Å². The van der Waals surface area contributed by atoms with E-state index < -0.39 is 0 Å². The van der Waals surface area contributed by atoms with E-state index >= 15 is 0 Å². The molecule has 0 aromatic carbocycles. The number of hydrogen-bond acceptors (Lipinski definition) is 4. The second kappa shape index (κ2) is 8.70. The van der Waals surface area contributed by atoms with Crippen LogP contribution in [-0.4, -0.2) is 100 Å². The lowest BCUT2D eigenvalue weighted by molar-refractivity contribution is 0.119. The minimum Gasteiger partial charge on any atom is -0.384 e. The SMILES string of the molecule is CCNC(=NCC1CN(C)CCN1C)N1CCC(COC)C1. The molecule has 2 aliphatic rings. The van der Waals surface area contributed by atoms with Gasteiger partial charge in [0, 0.05) is 58.3 Å². The lowest BCUT2D eigenvalue weighted by atomic mass is 10.1. The minimum atomic E-state index is 0.518. The molecule has 2 heterocycles. The molecule has 0 aliphatic carbocycles. The van der Waals surface area contributed by atoms with E-state index in [9.17, 15) is 0 Å². The number of hydrogen-bond donors (Lipinski definition) is 1. The van der Waals surface area contributed by atoms with Gasteiger partial charge in [-0.05, 0) is 27.4 Å². The van der Waals surface area contributed by atoms with Gasteiger partial charge in [-0.3, -0.25) is 9.89 Å². The van der Waals surface area contributed by atoms with Crippen molar-refractivity contribution in [2.24, 2.45) is 10.9 Å². The molecule has 0 saturated carbocycles. The number of nitrogens with one attached hydrogen (secondary N) is 1. The highest BCUT2D eigenvalue weighted by molar-refractivity contribution is 5.80. The third-order valence-corrected chi connectivity index (χ3v) is 4.75. The maximum atomic E-state index is 5.30. The Hall–Kier alpha value is -0.850. The fourth-order valence-electron chi connectivity index (χ4n) is 3.31. The van der Waals surface area contributed by atoms with Gasteiger partial charge in [-0.1, -0.05) is 0 Å². The van der Waals surface area contributed by atoms with Crippen molar-refractivity contribution >= 4 is 5.96 Å². The van der Waals surface area contributed by atoms with Gasteiger partial charge >= 0.3 is 0 Å². The van der Waals surface area contributed by atoms with Gasteiger partial charge in [0.25, 0.3) is 0 Å². The Morgan fingerprint density at radius 2 is 2.05 bits per heavy atom. The molecule has 6 nitrogen and oxygen atoms in total. The zero-order valence-corrected chi connectivity index (χ0v) is 14.7. The Morgan fingerprint density at radius 3 is 2.77 bits per heavy atom. The average molecular weight is 311 g/mol. The van der Waals surface area contributed by atoms with Crippen LogP contribution in [0.1, 0.15) is 13.3 Å². The van der Waals surface area contributed by atoms with E-state index in [0.29, 0.717) is 12.0 Å². The molecule has 0 aromatic heterocycles. The third-order valence-electron chi connectivity index (χ3n) is 4.75. The minimum absolute atomic E-state index is 0.518. The van der Waals surface area contributed by atoms with Crippen molar-refractivity contribution in [1.82, 2.24) is 20.0 Å². The van der Waals surface area contributed by atoms with E-state index in [1.807, 2.05) is 0 Å². The smallest absolute Gasteiger partial charge is 0.193 e. The first-order chi connectivity index (χ1) is 10.6. The average Bonchev–Trinajstić information content (AvgIpc) is 2.95. The number of likely N-dealkylation sites (N-methyl/N-ethyl adjacent to an activating group) is 2. The van der Waals surface area contributed by atoms with Crippen LogP contribution < -0.4 is 5.32 Å². The van der Waals surface area contributed by atoms with Gasteiger partial charge < -0.3 is 19.9 Å². The molecular weight excluding hydrogens is 278 g/mol. The summed E-state index contributed by atoms with van der Waals surface area (Å²) in [6.45, 7) is 10.3. The van der Waals surface area contributed by atoms with Crippen LogP contribution in [0.25, 0.3) is 0 Å². The Balaban J connectivity index is 1.92. The number of likely N-dealkylation sites (tertiary alicyclic amines) is 1. The maximum absolute atomic E-state index is 5.30. The molecule has 2 saturated heterocycles. The summed E-state index contributed by atoms with van der Waals surface area (Å²) in [6.07, 6.45) is 1.20. The molecule has 0 aromatic rings. The summed E-state index contributed by atoms with van der Waals surface area (Å²) < 4.78 is 5.30. The fraction of sp³-hybridized carbons (Fsp3) is 0.938. The van der Waals surface area contributed by atoms with E-state index in [0.717, 1.165) is 58.4 Å². The summed E-state index contributed by atoms with van der Waals surface area (Å²) >= 11 is 0. The number of ether oxygens (including phenoxy) is 1. The van der Waals surface area contributed by atoms with Gasteiger partial charge in [0.05, 0.1) is 13.2 Å². The molecule has 128 valence electrons. The van der Waals surface area contributed by atoms with Crippen molar-refractivity contribution in [3.8, 4) is 0 Å². The largest absolute Gasteiger partial charge is 0.384 e. The van der Waals surface area contributed by atoms with Gasteiger partial charge in [0.1, 0.15) is 0 Å². The first kappa shape index (κ1) is 17.5. The van der Waals surface area contributed by atoms with Gasteiger partial charge in [0.2, 0.25) is 0 Å². The quantitative estimate of drug-likeness (QED) is 0.579. The molecule has 2 aliphatic heterocycles. The zero-order chi connectivity index (χ0) is 15.9. The van der Waals surface area contributed by atoms with Gasteiger partial charge in [0.15, 0.2) is 5.96 Å². The zero-order valence-electron chi connectivity index (χ0n) is 14.7. The number of rotatable bonds is 5. The molecule has 2 rings (SSSR count). The van der Waals surface area contributed by atoms with E-state index in [-0.39, 0.29) is 0 Å². The number of piperazine rings is 1. The summed E-state index contributed by atoms with van der Waals surface area (Å²) in [6, 6.07) is 0.518. The molecule has 22 heavy (non-hydrogen) atoms. The van der Waals surface area contributed by atoms with Gasteiger partial charge in [-0.25, -0.2) is 0 Å². The number of methoxy groups -OCH3 is 1. The molecule has 2 unspecified atom stereocenters. The second-order valence-electron chi connectivity index (χ2n) is 6.65. The second-order valence-corrected chi connectivity index (χ2v) is 6.65. The van der Waals surface area contributed by atoms with E-state index in [2.05, 4.69) is 41.0 Å². The topological polar surface area (TPSA) is 43.3 Å². The van der Waals surface area contributed by atoms with Crippen molar-refractivity contribution in [3.63, 3.8) is 0 Å². The van der Waals surface area contributed by atoms with Crippen LogP contribution in [-0.2, 0) is 4.74 Å². The number of aliphatic imine (C=N–C) groups is 1. The van der Waals surface area contributed by atoms with Crippen molar-refractivity contribution in [2.45, 2.75) is 19.4 Å². The summed E-state index contributed by atoms with van der Waals surface area (Å²) in [4.78, 5) is 12.1. The Bertz CT molecular complexity index is 362. The number of guanidine groups is 1.